The molecule has 154 valence electrons. The van der Waals surface area contributed by atoms with E-state index in [2.05, 4.69) is 16.0 Å². The van der Waals surface area contributed by atoms with Gasteiger partial charge < -0.3 is 9.80 Å². The van der Waals surface area contributed by atoms with Crippen molar-refractivity contribution in [2.24, 2.45) is 0 Å². The van der Waals surface area contributed by atoms with Crippen LogP contribution in [0.5, 0.6) is 0 Å². The zero-order chi connectivity index (χ0) is 21.2. The second-order valence-corrected chi connectivity index (χ2v) is 7.98. The number of anilines is 1. The molecule has 0 unspecified atom stereocenters. The molecule has 0 N–H and O–H groups in total. The number of fused-ring (bicyclic) bond motifs is 1. The molecule has 0 bridgehead atoms. The van der Waals surface area contributed by atoms with E-state index in [1.165, 1.54) is 0 Å². The second kappa shape index (κ2) is 8.36. The third-order valence-corrected chi connectivity index (χ3v) is 5.85. The monoisotopic (exact) mass is 428 g/mol. The summed E-state index contributed by atoms with van der Waals surface area (Å²) in [5.74, 6) is 0.0292. The van der Waals surface area contributed by atoms with Crippen LogP contribution in [0.3, 0.4) is 0 Å². The highest BCUT2D eigenvalue weighted by Crippen LogP contribution is 2.26. The van der Waals surface area contributed by atoms with Gasteiger partial charge in [0.1, 0.15) is 0 Å². The summed E-state index contributed by atoms with van der Waals surface area (Å²) < 4.78 is 0. The standard InChI is InChI=1S/C25H21ClN4O/c26-18-6-5-7-19(16-18)29-12-14-30(15-13-29)25(31)21-17-24(23-10-3-4-11-27-23)28-22-9-2-1-8-20(21)22/h1-11,16-17H,12-15H2. The van der Waals surface area contributed by atoms with E-state index in [0.29, 0.717) is 24.3 Å². The Labute approximate surface area is 185 Å². The van der Waals surface area contributed by atoms with Gasteiger partial charge in [0.05, 0.1) is 22.5 Å². The Kier molecular flexibility index (Phi) is 5.26. The molecule has 0 atom stereocenters. The molecular formula is C25H21ClN4O. The number of hydrogen-bond donors (Lipinski definition) is 0. The lowest BCUT2D eigenvalue weighted by molar-refractivity contribution is 0.0748. The second-order valence-electron chi connectivity index (χ2n) is 7.55. The Morgan fingerprint density at radius 3 is 2.42 bits per heavy atom. The minimum absolute atomic E-state index is 0.0292. The third kappa shape index (κ3) is 3.97. The number of carbonyl (C=O) groups is 1. The number of benzene rings is 2. The summed E-state index contributed by atoms with van der Waals surface area (Å²) in [4.78, 5) is 26.9. The predicted octanol–water partition coefficient (Wildman–Crippen LogP) is 4.91. The molecule has 1 saturated heterocycles. The Morgan fingerprint density at radius 2 is 1.65 bits per heavy atom. The van der Waals surface area contributed by atoms with Crippen molar-refractivity contribution in [1.82, 2.24) is 14.9 Å². The number of nitrogens with zero attached hydrogens (tertiary/aromatic N) is 4. The molecule has 6 heteroatoms. The summed E-state index contributed by atoms with van der Waals surface area (Å²) in [6.45, 7) is 2.84. The molecular weight excluding hydrogens is 408 g/mol. The molecule has 31 heavy (non-hydrogen) atoms. The lowest BCUT2D eigenvalue weighted by atomic mass is 10.0. The van der Waals surface area contributed by atoms with E-state index in [9.17, 15) is 4.79 Å². The molecule has 5 rings (SSSR count). The van der Waals surface area contributed by atoms with Gasteiger partial charge in [0.25, 0.3) is 5.91 Å². The molecule has 4 aromatic rings. The lowest BCUT2D eigenvalue weighted by Crippen LogP contribution is -2.48. The van der Waals surface area contributed by atoms with Gasteiger partial charge in [-0.2, -0.15) is 0 Å². The molecule has 0 saturated carbocycles. The number of carbonyl (C=O) groups excluding carboxylic acids is 1. The average molecular weight is 429 g/mol. The maximum atomic E-state index is 13.5. The molecule has 2 aromatic carbocycles. The average Bonchev–Trinajstić information content (AvgIpc) is 2.83. The highest BCUT2D eigenvalue weighted by Gasteiger charge is 2.24. The minimum atomic E-state index is 0.0292. The van der Waals surface area contributed by atoms with Gasteiger partial charge in [0, 0.05) is 48.5 Å². The Balaban J connectivity index is 1.43. The molecule has 0 spiro atoms. The summed E-state index contributed by atoms with van der Waals surface area (Å²) in [5.41, 5.74) is 4.02. The number of amides is 1. The van der Waals surface area contributed by atoms with E-state index in [4.69, 9.17) is 16.6 Å². The molecule has 0 aliphatic carbocycles. The first-order chi connectivity index (χ1) is 15.2. The molecule has 1 aliphatic heterocycles. The van der Waals surface area contributed by atoms with Crippen molar-refractivity contribution in [3.8, 4) is 11.4 Å². The van der Waals surface area contributed by atoms with Gasteiger partial charge >= 0.3 is 0 Å². The first kappa shape index (κ1) is 19.5. The van der Waals surface area contributed by atoms with Crippen molar-refractivity contribution in [3.05, 3.63) is 89.6 Å². The first-order valence-electron chi connectivity index (χ1n) is 10.3. The van der Waals surface area contributed by atoms with Gasteiger partial charge in [-0.05, 0) is 42.5 Å². The van der Waals surface area contributed by atoms with Crippen LogP contribution in [0, 0.1) is 0 Å². The van der Waals surface area contributed by atoms with Crippen molar-refractivity contribution in [1.29, 1.82) is 0 Å². The van der Waals surface area contributed by atoms with Crippen LogP contribution in [-0.4, -0.2) is 47.0 Å². The highest BCUT2D eigenvalue weighted by molar-refractivity contribution is 6.30. The van der Waals surface area contributed by atoms with E-state index in [0.717, 1.165) is 40.4 Å². The van der Waals surface area contributed by atoms with Gasteiger partial charge in [0.15, 0.2) is 0 Å². The summed E-state index contributed by atoms with van der Waals surface area (Å²) in [5, 5.41) is 1.59. The molecule has 1 amide bonds. The number of hydrogen-bond acceptors (Lipinski definition) is 4. The predicted molar refractivity (Wildman–Crippen MR) is 125 cm³/mol. The van der Waals surface area contributed by atoms with E-state index >= 15 is 0 Å². The maximum absolute atomic E-state index is 13.5. The van der Waals surface area contributed by atoms with Crippen LogP contribution >= 0.6 is 11.6 Å². The van der Waals surface area contributed by atoms with E-state index in [-0.39, 0.29) is 5.91 Å². The van der Waals surface area contributed by atoms with Crippen LogP contribution in [-0.2, 0) is 0 Å². The van der Waals surface area contributed by atoms with Gasteiger partial charge in [-0.25, -0.2) is 4.98 Å². The molecule has 1 fully saturated rings. The van der Waals surface area contributed by atoms with Crippen molar-refractivity contribution in [2.45, 2.75) is 0 Å². The van der Waals surface area contributed by atoms with Gasteiger partial charge in [0.2, 0.25) is 0 Å². The number of aromatic nitrogens is 2. The van der Waals surface area contributed by atoms with E-state index in [1.807, 2.05) is 71.6 Å². The molecule has 2 aromatic heterocycles. The van der Waals surface area contributed by atoms with Crippen molar-refractivity contribution in [3.63, 3.8) is 0 Å². The van der Waals surface area contributed by atoms with Crippen LogP contribution in [0.1, 0.15) is 10.4 Å². The molecule has 0 radical (unpaired) electrons. The third-order valence-electron chi connectivity index (χ3n) is 5.61. The minimum Gasteiger partial charge on any atom is -0.368 e. The fraction of sp³-hybridized carbons (Fsp3) is 0.160. The number of para-hydroxylation sites is 1. The van der Waals surface area contributed by atoms with E-state index < -0.39 is 0 Å². The van der Waals surface area contributed by atoms with Crippen LogP contribution in [0.15, 0.2) is 79.0 Å². The SMILES string of the molecule is O=C(c1cc(-c2ccccn2)nc2ccccc12)N1CCN(c2cccc(Cl)c2)CC1. The van der Waals surface area contributed by atoms with Gasteiger partial charge in [-0.15, -0.1) is 0 Å². The maximum Gasteiger partial charge on any atom is 0.254 e. The molecule has 5 nitrogen and oxygen atoms in total. The van der Waals surface area contributed by atoms with E-state index in [1.54, 1.807) is 6.20 Å². The number of halogens is 1. The molecule has 3 heterocycles. The quantitative estimate of drug-likeness (QED) is 0.465. The fourth-order valence-electron chi connectivity index (χ4n) is 4.01. The first-order valence-corrected chi connectivity index (χ1v) is 10.7. The van der Waals surface area contributed by atoms with Gasteiger partial charge in [-0.1, -0.05) is 41.9 Å². The van der Waals surface area contributed by atoms with Crippen molar-refractivity contribution >= 4 is 34.1 Å². The smallest absolute Gasteiger partial charge is 0.254 e. The molecule has 1 aliphatic rings. The summed E-state index contributed by atoms with van der Waals surface area (Å²) >= 11 is 6.14. The summed E-state index contributed by atoms with van der Waals surface area (Å²) in [6, 6.07) is 23.2. The summed E-state index contributed by atoms with van der Waals surface area (Å²) in [6.07, 6.45) is 1.74. The lowest BCUT2D eigenvalue weighted by Gasteiger charge is -2.36. The topological polar surface area (TPSA) is 49.3 Å². The number of rotatable bonds is 3. The van der Waals surface area contributed by atoms with Crippen molar-refractivity contribution < 1.29 is 4.79 Å². The number of pyridine rings is 2. The summed E-state index contributed by atoms with van der Waals surface area (Å²) in [7, 11) is 0. The fourth-order valence-corrected chi connectivity index (χ4v) is 4.19. The zero-order valence-electron chi connectivity index (χ0n) is 16.9. The van der Waals surface area contributed by atoms with Crippen LogP contribution in [0.4, 0.5) is 5.69 Å². The van der Waals surface area contributed by atoms with Crippen molar-refractivity contribution in [2.75, 3.05) is 31.1 Å². The zero-order valence-corrected chi connectivity index (χ0v) is 17.7. The Bertz CT molecular complexity index is 1240. The Hall–Kier alpha value is -3.44. The van der Waals surface area contributed by atoms with Gasteiger partial charge in [-0.3, -0.25) is 9.78 Å². The largest absolute Gasteiger partial charge is 0.368 e. The Morgan fingerprint density at radius 1 is 0.839 bits per heavy atom. The highest BCUT2D eigenvalue weighted by atomic mass is 35.5. The number of piperazine rings is 1. The van der Waals surface area contributed by atoms with Crippen LogP contribution in [0.25, 0.3) is 22.3 Å². The van der Waals surface area contributed by atoms with Crippen LogP contribution in [0.2, 0.25) is 5.02 Å². The van der Waals surface area contributed by atoms with Crippen LogP contribution < -0.4 is 4.90 Å². The normalized spacial score (nSPS) is 14.1.